The molecule has 0 aromatic rings. The molecule has 0 unspecified atom stereocenters. The Morgan fingerprint density at radius 3 is 2.93 bits per heavy atom. The Morgan fingerprint density at radius 2 is 2.21 bits per heavy atom. The maximum atomic E-state index is 5.71. The van der Waals surface area contributed by atoms with Crippen LogP contribution in [0.2, 0.25) is 0 Å². The predicted molar refractivity (Wildman–Crippen MR) is 57.9 cm³/mol. The van der Waals surface area contributed by atoms with E-state index in [0.29, 0.717) is 5.60 Å². The number of hydrogen-bond acceptors (Lipinski definition) is 1. The number of epoxide rings is 1. The molecule has 1 heteroatoms. The highest BCUT2D eigenvalue weighted by molar-refractivity contribution is 5.02. The maximum Gasteiger partial charge on any atom is 0.0944 e. The Morgan fingerprint density at radius 1 is 1.36 bits per heavy atom. The van der Waals surface area contributed by atoms with Crippen molar-refractivity contribution in [2.24, 2.45) is 5.92 Å². The van der Waals surface area contributed by atoms with Crippen LogP contribution in [0.4, 0.5) is 0 Å². The second-order valence-corrected chi connectivity index (χ2v) is 4.62. The monoisotopic (exact) mass is 192 g/mol. The van der Waals surface area contributed by atoms with Gasteiger partial charge >= 0.3 is 0 Å². The minimum Gasteiger partial charge on any atom is -0.369 e. The van der Waals surface area contributed by atoms with E-state index < -0.39 is 0 Å². The van der Waals surface area contributed by atoms with Gasteiger partial charge in [-0.1, -0.05) is 19.3 Å². The minimum absolute atomic E-state index is 0.311. The minimum atomic E-state index is 0.311. The van der Waals surface area contributed by atoms with Crippen LogP contribution in [0.15, 0.2) is 0 Å². The summed E-state index contributed by atoms with van der Waals surface area (Å²) in [5.74, 6) is 6.95. The Bertz CT molecular complexity index is 242. The molecule has 2 rings (SSSR count). The molecular weight excluding hydrogens is 172 g/mol. The van der Waals surface area contributed by atoms with Crippen molar-refractivity contribution in [1.82, 2.24) is 0 Å². The Labute approximate surface area is 87.2 Å². The molecule has 1 saturated heterocycles. The molecule has 2 aliphatic rings. The first-order chi connectivity index (χ1) is 6.87. The second kappa shape index (κ2) is 4.36. The van der Waals surface area contributed by atoms with Gasteiger partial charge in [-0.3, -0.25) is 0 Å². The van der Waals surface area contributed by atoms with Crippen LogP contribution in [-0.4, -0.2) is 12.2 Å². The maximum absolute atomic E-state index is 5.71. The SMILES string of the molecule is CC#CCC[C@H]1CCCCC[C@]12CO2. The van der Waals surface area contributed by atoms with Gasteiger partial charge in [-0.25, -0.2) is 0 Å². The molecule has 2 fully saturated rings. The van der Waals surface area contributed by atoms with Gasteiger partial charge in [0.1, 0.15) is 0 Å². The lowest BCUT2D eigenvalue weighted by atomic mass is 9.85. The summed E-state index contributed by atoms with van der Waals surface area (Å²) in [5, 5.41) is 0. The second-order valence-electron chi connectivity index (χ2n) is 4.62. The topological polar surface area (TPSA) is 12.5 Å². The largest absolute Gasteiger partial charge is 0.369 e. The highest BCUT2D eigenvalue weighted by Crippen LogP contribution is 2.46. The molecule has 78 valence electrons. The highest BCUT2D eigenvalue weighted by Gasteiger charge is 2.50. The molecule has 0 aromatic heterocycles. The van der Waals surface area contributed by atoms with Gasteiger partial charge < -0.3 is 4.74 Å². The normalized spacial score (nSPS) is 35.9. The molecule has 1 nitrogen and oxygen atoms in total. The Balaban J connectivity index is 1.88. The lowest BCUT2D eigenvalue weighted by molar-refractivity contribution is 0.196. The van der Waals surface area contributed by atoms with Gasteiger partial charge in [-0.05, 0) is 32.1 Å². The predicted octanol–water partition coefficient (Wildman–Crippen LogP) is 3.14. The van der Waals surface area contributed by atoms with Crippen LogP contribution < -0.4 is 0 Å². The zero-order valence-electron chi connectivity index (χ0n) is 9.14. The van der Waals surface area contributed by atoms with E-state index in [1.807, 2.05) is 6.92 Å². The summed E-state index contributed by atoms with van der Waals surface area (Å²) < 4.78 is 5.71. The third kappa shape index (κ3) is 2.12. The average Bonchev–Trinajstić information content (AvgIpc) is 2.98. The summed E-state index contributed by atoms with van der Waals surface area (Å²) in [5.41, 5.74) is 0.311. The van der Waals surface area contributed by atoms with Crippen LogP contribution in [0.25, 0.3) is 0 Å². The molecule has 1 spiro atoms. The van der Waals surface area contributed by atoms with Crippen LogP contribution >= 0.6 is 0 Å². The third-order valence-electron chi connectivity index (χ3n) is 3.71. The van der Waals surface area contributed by atoms with E-state index in [0.717, 1.165) is 18.9 Å². The molecule has 1 saturated carbocycles. The first-order valence-electron chi connectivity index (χ1n) is 5.91. The van der Waals surface area contributed by atoms with Crippen molar-refractivity contribution in [2.75, 3.05) is 6.61 Å². The number of hydrogen-bond donors (Lipinski definition) is 0. The van der Waals surface area contributed by atoms with Crippen LogP contribution in [0.5, 0.6) is 0 Å². The van der Waals surface area contributed by atoms with Crippen LogP contribution in [0, 0.1) is 17.8 Å². The van der Waals surface area contributed by atoms with Gasteiger partial charge in [0.05, 0.1) is 12.2 Å². The first-order valence-corrected chi connectivity index (χ1v) is 5.91. The molecule has 1 aliphatic heterocycles. The van der Waals surface area contributed by atoms with Crippen molar-refractivity contribution < 1.29 is 4.74 Å². The summed E-state index contributed by atoms with van der Waals surface area (Å²) >= 11 is 0. The van der Waals surface area contributed by atoms with E-state index in [1.165, 1.54) is 38.5 Å². The summed E-state index contributed by atoms with van der Waals surface area (Å²) in [6.45, 7) is 2.95. The Hall–Kier alpha value is -0.480. The summed E-state index contributed by atoms with van der Waals surface area (Å²) in [6, 6.07) is 0. The fraction of sp³-hybridized carbons (Fsp3) is 0.846. The fourth-order valence-corrected chi connectivity index (χ4v) is 2.71. The summed E-state index contributed by atoms with van der Waals surface area (Å²) in [6.07, 6.45) is 9.15. The van der Waals surface area contributed by atoms with Crippen molar-refractivity contribution in [3.63, 3.8) is 0 Å². The van der Waals surface area contributed by atoms with Crippen molar-refractivity contribution in [3.8, 4) is 11.8 Å². The summed E-state index contributed by atoms with van der Waals surface area (Å²) in [7, 11) is 0. The van der Waals surface area contributed by atoms with Gasteiger partial charge in [0.25, 0.3) is 0 Å². The van der Waals surface area contributed by atoms with Gasteiger partial charge in [0.2, 0.25) is 0 Å². The molecule has 14 heavy (non-hydrogen) atoms. The molecule has 0 amide bonds. The molecule has 2 atom stereocenters. The molecule has 0 radical (unpaired) electrons. The Kier molecular flexibility index (Phi) is 3.13. The standard InChI is InChI=1S/C13H20O/c1-2-3-5-8-12-9-6-4-7-10-13(12)11-14-13/h12H,4-11H2,1H3/t12-,13-/m0/s1. The van der Waals surface area contributed by atoms with Gasteiger partial charge in [-0.15, -0.1) is 11.8 Å². The lowest BCUT2D eigenvalue weighted by Crippen LogP contribution is -2.22. The van der Waals surface area contributed by atoms with E-state index >= 15 is 0 Å². The van der Waals surface area contributed by atoms with Crippen LogP contribution in [0.3, 0.4) is 0 Å². The number of ether oxygens (including phenoxy) is 1. The zero-order chi connectivity index (χ0) is 9.86. The van der Waals surface area contributed by atoms with E-state index in [2.05, 4.69) is 11.8 Å². The molecule has 0 bridgehead atoms. The van der Waals surface area contributed by atoms with Crippen LogP contribution in [-0.2, 0) is 4.74 Å². The zero-order valence-corrected chi connectivity index (χ0v) is 9.14. The molecule has 0 N–H and O–H groups in total. The molecule has 1 heterocycles. The van der Waals surface area contributed by atoms with Gasteiger partial charge in [0, 0.05) is 6.42 Å². The molecule has 1 aliphatic carbocycles. The smallest absolute Gasteiger partial charge is 0.0944 e. The molecular formula is C13H20O. The van der Waals surface area contributed by atoms with Crippen LogP contribution in [0.1, 0.15) is 51.9 Å². The van der Waals surface area contributed by atoms with Crippen molar-refractivity contribution in [2.45, 2.75) is 57.5 Å². The number of rotatable bonds is 2. The van der Waals surface area contributed by atoms with E-state index in [9.17, 15) is 0 Å². The van der Waals surface area contributed by atoms with E-state index in [-0.39, 0.29) is 0 Å². The highest BCUT2D eigenvalue weighted by atomic mass is 16.6. The quantitative estimate of drug-likeness (QED) is 0.483. The third-order valence-corrected chi connectivity index (χ3v) is 3.71. The average molecular weight is 192 g/mol. The van der Waals surface area contributed by atoms with E-state index in [4.69, 9.17) is 4.74 Å². The van der Waals surface area contributed by atoms with Crippen molar-refractivity contribution in [1.29, 1.82) is 0 Å². The summed E-state index contributed by atoms with van der Waals surface area (Å²) in [4.78, 5) is 0. The molecule has 0 aromatic carbocycles. The fourth-order valence-electron chi connectivity index (χ4n) is 2.71. The van der Waals surface area contributed by atoms with Crippen molar-refractivity contribution in [3.05, 3.63) is 0 Å². The lowest BCUT2D eigenvalue weighted by Gasteiger charge is -2.20. The van der Waals surface area contributed by atoms with Gasteiger partial charge in [-0.2, -0.15) is 0 Å². The first kappa shape index (κ1) is 10.1. The van der Waals surface area contributed by atoms with E-state index in [1.54, 1.807) is 0 Å². The van der Waals surface area contributed by atoms with Crippen molar-refractivity contribution >= 4 is 0 Å². The van der Waals surface area contributed by atoms with Gasteiger partial charge in [0.15, 0.2) is 0 Å².